The first-order valence-corrected chi connectivity index (χ1v) is 11.8. The highest BCUT2D eigenvalue weighted by molar-refractivity contribution is 6.02. The predicted molar refractivity (Wildman–Crippen MR) is 127 cm³/mol. The number of para-hydroxylation sites is 2. The van der Waals surface area contributed by atoms with E-state index in [0.29, 0.717) is 17.1 Å². The molecular formula is C25H25F7N4O3. The van der Waals surface area contributed by atoms with E-state index in [1.165, 1.54) is 12.1 Å². The fraction of sp³-hybridized carbons (Fsp3) is 0.400. The van der Waals surface area contributed by atoms with Crippen LogP contribution < -0.4 is 21.3 Å². The second-order valence-electron chi connectivity index (χ2n) is 9.08. The number of carbonyl (C=O) groups is 3. The third kappa shape index (κ3) is 8.32. The molecule has 212 valence electrons. The van der Waals surface area contributed by atoms with E-state index in [1.54, 1.807) is 29.2 Å². The molecular weight excluding hydrogens is 537 g/mol. The third-order valence-corrected chi connectivity index (χ3v) is 6.25. The lowest BCUT2D eigenvalue weighted by Crippen LogP contribution is -2.52. The molecule has 2 aromatic carbocycles. The molecule has 0 bridgehead atoms. The van der Waals surface area contributed by atoms with Crippen molar-refractivity contribution in [3.63, 3.8) is 0 Å². The van der Waals surface area contributed by atoms with E-state index >= 15 is 0 Å². The van der Waals surface area contributed by atoms with Crippen LogP contribution in [-0.2, 0) is 14.4 Å². The summed E-state index contributed by atoms with van der Waals surface area (Å²) in [7, 11) is 0. The van der Waals surface area contributed by atoms with Crippen LogP contribution in [0.25, 0.3) is 0 Å². The Balaban J connectivity index is 1.91. The first kappa shape index (κ1) is 29.7. The largest absolute Gasteiger partial charge is 0.389 e. The van der Waals surface area contributed by atoms with Crippen molar-refractivity contribution >= 4 is 34.8 Å². The Labute approximate surface area is 218 Å². The number of rotatable bonds is 9. The molecule has 0 radical (unpaired) electrons. The van der Waals surface area contributed by atoms with Crippen LogP contribution in [-0.4, -0.2) is 42.7 Å². The highest BCUT2D eigenvalue weighted by Gasteiger charge is 2.41. The highest BCUT2D eigenvalue weighted by atomic mass is 19.4. The van der Waals surface area contributed by atoms with E-state index in [1.807, 2.05) is 0 Å². The maximum atomic E-state index is 13.5. The Kier molecular flexibility index (Phi) is 9.07. The van der Waals surface area contributed by atoms with Crippen LogP contribution >= 0.6 is 0 Å². The number of primary amides is 1. The van der Waals surface area contributed by atoms with E-state index in [0.717, 1.165) is 12.1 Å². The smallest absolute Gasteiger partial charge is 0.369 e. The van der Waals surface area contributed by atoms with Crippen molar-refractivity contribution in [1.29, 1.82) is 0 Å². The summed E-state index contributed by atoms with van der Waals surface area (Å²) in [4.78, 5) is 39.8. The molecule has 2 aromatic rings. The zero-order valence-electron chi connectivity index (χ0n) is 20.3. The number of carbonyl (C=O) groups excluding carboxylic acids is 3. The zero-order chi connectivity index (χ0) is 29.0. The van der Waals surface area contributed by atoms with E-state index in [9.17, 15) is 45.1 Å². The van der Waals surface area contributed by atoms with Crippen molar-refractivity contribution in [2.75, 3.05) is 16.8 Å². The van der Waals surface area contributed by atoms with Gasteiger partial charge in [-0.2, -0.15) is 26.3 Å². The van der Waals surface area contributed by atoms with E-state index in [-0.39, 0.29) is 6.54 Å². The second kappa shape index (κ2) is 11.9. The number of nitrogens with two attached hydrogens (primary N) is 1. The first-order valence-electron chi connectivity index (χ1n) is 11.8. The minimum absolute atomic E-state index is 0.268. The van der Waals surface area contributed by atoms with Crippen LogP contribution in [0.1, 0.15) is 25.7 Å². The van der Waals surface area contributed by atoms with Crippen molar-refractivity contribution in [2.45, 2.75) is 44.1 Å². The molecule has 0 saturated carbocycles. The lowest BCUT2D eigenvalue weighted by molar-refractivity contribution is -0.152. The van der Waals surface area contributed by atoms with Crippen LogP contribution in [0, 0.1) is 17.7 Å². The number of anilines is 3. The Hall–Kier alpha value is -3.84. The van der Waals surface area contributed by atoms with Gasteiger partial charge in [0, 0.05) is 30.4 Å². The molecule has 0 saturated heterocycles. The normalized spacial score (nSPS) is 17.5. The van der Waals surface area contributed by atoms with Gasteiger partial charge in [-0.3, -0.25) is 14.4 Å². The zero-order valence-corrected chi connectivity index (χ0v) is 20.3. The molecule has 1 aliphatic rings. The highest BCUT2D eigenvalue weighted by Crippen LogP contribution is 2.36. The molecule has 1 aliphatic heterocycles. The molecule has 1 heterocycles. The minimum atomic E-state index is -4.77. The summed E-state index contributed by atoms with van der Waals surface area (Å²) in [5.41, 5.74) is 6.40. The van der Waals surface area contributed by atoms with Crippen molar-refractivity contribution < 1.29 is 45.1 Å². The minimum Gasteiger partial charge on any atom is -0.369 e. The molecule has 14 heteroatoms. The van der Waals surface area contributed by atoms with Gasteiger partial charge in [-0.05, 0) is 49.2 Å². The molecule has 3 rings (SSSR count). The van der Waals surface area contributed by atoms with Crippen LogP contribution in [0.2, 0.25) is 0 Å². The molecule has 39 heavy (non-hydrogen) atoms. The van der Waals surface area contributed by atoms with Gasteiger partial charge in [0.1, 0.15) is 11.9 Å². The van der Waals surface area contributed by atoms with Gasteiger partial charge in [-0.25, -0.2) is 4.39 Å². The van der Waals surface area contributed by atoms with Crippen molar-refractivity contribution in [2.24, 2.45) is 17.6 Å². The van der Waals surface area contributed by atoms with Gasteiger partial charge in [0.2, 0.25) is 17.7 Å². The third-order valence-electron chi connectivity index (χ3n) is 6.25. The van der Waals surface area contributed by atoms with Crippen molar-refractivity contribution in [1.82, 2.24) is 5.32 Å². The molecule has 0 aliphatic carbocycles. The van der Waals surface area contributed by atoms with Gasteiger partial charge < -0.3 is 21.3 Å². The van der Waals surface area contributed by atoms with Gasteiger partial charge >= 0.3 is 12.4 Å². The number of nitrogens with one attached hydrogen (secondary N) is 2. The van der Waals surface area contributed by atoms with Crippen LogP contribution in [0.4, 0.5) is 47.8 Å². The SMILES string of the molecule is NC(=O)C(CCC(F)(F)F)C(CCC(F)(F)F)C(=O)NC1CN(c2ccc(F)cc2)c2ccccc2NC1=O. The van der Waals surface area contributed by atoms with E-state index in [2.05, 4.69) is 10.6 Å². The number of hydrogen-bond acceptors (Lipinski definition) is 4. The number of alkyl halides is 6. The Morgan fingerprint density at radius 1 is 0.949 bits per heavy atom. The van der Waals surface area contributed by atoms with Crippen molar-refractivity contribution in [3.8, 4) is 0 Å². The van der Waals surface area contributed by atoms with Gasteiger partial charge in [0.15, 0.2) is 0 Å². The lowest BCUT2D eigenvalue weighted by atomic mass is 9.83. The summed E-state index contributed by atoms with van der Waals surface area (Å²) in [6.07, 6.45) is -14.7. The van der Waals surface area contributed by atoms with Gasteiger partial charge in [-0.1, -0.05) is 12.1 Å². The summed E-state index contributed by atoms with van der Waals surface area (Å²) >= 11 is 0. The Bertz CT molecular complexity index is 1190. The van der Waals surface area contributed by atoms with Gasteiger partial charge in [-0.15, -0.1) is 0 Å². The quantitative estimate of drug-likeness (QED) is 0.382. The number of hydrogen-bond donors (Lipinski definition) is 3. The average Bonchev–Trinajstić information content (AvgIpc) is 2.96. The average molecular weight is 562 g/mol. The molecule has 4 N–H and O–H groups in total. The topological polar surface area (TPSA) is 105 Å². The predicted octanol–water partition coefficient (Wildman–Crippen LogP) is 4.80. The molecule has 0 fully saturated rings. The fourth-order valence-electron chi connectivity index (χ4n) is 4.35. The summed E-state index contributed by atoms with van der Waals surface area (Å²) in [6, 6.07) is 10.2. The number of halogens is 7. The molecule has 0 aromatic heterocycles. The van der Waals surface area contributed by atoms with Crippen LogP contribution in [0.15, 0.2) is 48.5 Å². The van der Waals surface area contributed by atoms with E-state index < -0.39 is 79.5 Å². The number of fused-ring (bicyclic) bond motifs is 1. The van der Waals surface area contributed by atoms with Crippen LogP contribution in [0.3, 0.4) is 0 Å². The maximum absolute atomic E-state index is 13.5. The molecule has 3 unspecified atom stereocenters. The van der Waals surface area contributed by atoms with Crippen molar-refractivity contribution in [3.05, 3.63) is 54.3 Å². The molecule has 3 atom stereocenters. The Morgan fingerprint density at radius 2 is 1.51 bits per heavy atom. The Morgan fingerprint density at radius 3 is 2.08 bits per heavy atom. The summed E-state index contributed by atoms with van der Waals surface area (Å²) in [5.74, 6) is -7.65. The maximum Gasteiger partial charge on any atom is 0.389 e. The van der Waals surface area contributed by atoms with Gasteiger partial charge in [0.05, 0.1) is 17.9 Å². The van der Waals surface area contributed by atoms with Crippen LogP contribution in [0.5, 0.6) is 0 Å². The first-order chi connectivity index (χ1) is 18.1. The number of amides is 3. The standard InChI is InChI=1S/C25H25F7N4O3/c26-14-5-7-15(8-6-14)36-13-19(23(39)34-18-3-1-2-4-20(18)36)35-22(38)17(10-12-25(30,31)32)16(21(33)37)9-11-24(27,28)29/h1-8,16-17,19H,9-13H2,(H2,33,37)(H,34,39)(H,35,38). The van der Waals surface area contributed by atoms with E-state index in [4.69, 9.17) is 5.73 Å². The number of nitrogens with zero attached hydrogens (tertiary/aromatic N) is 1. The van der Waals surface area contributed by atoms with Gasteiger partial charge in [0.25, 0.3) is 0 Å². The second-order valence-corrected chi connectivity index (χ2v) is 9.08. The monoisotopic (exact) mass is 562 g/mol. The summed E-state index contributed by atoms with van der Waals surface area (Å²) < 4.78 is 91.0. The molecule has 7 nitrogen and oxygen atoms in total. The summed E-state index contributed by atoms with van der Waals surface area (Å²) in [5, 5.41) is 4.89. The molecule has 0 spiro atoms. The molecule has 3 amide bonds. The number of benzene rings is 2. The fourth-order valence-corrected chi connectivity index (χ4v) is 4.35. The lowest BCUT2D eigenvalue weighted by Gasteiger charge is -2.29. The summed E-state index contributed by atoms with van der Waals surface area (Å²) in [6.45, 7) is -0.268.